The van der Waals surface area contributed by atoms with Crippen LogP contribution in [0, 0.1) is 5.92 Å². The van der Waals surface area contributed by atoms with Crippen LogP contribution in [0.1, 0.15) is 38.5 Å². The van der Waals surface area contributed by atoms with Crippen LogP contribution in [-0.2, 0) is 9.53 Å². The van der Waals surface area contributed by atoms with E-state index < -0.39 is 0 Å². The molecule has 1 saturated carbocycles. The first-order valence-electron chi connectivity index (χ1n) is 11.1. The SMILES string of the molecule is Nc1cccc(N2CCN(CCC3CCC(NC(=O)C4=COCC4)CC3)CC2)c1. The van der Waals surface area contributed by atoms with Crippen molar-refractivity contribution in [2.24, 2.45) is 5.92 Å². The van der Waals surface area contributed by atoms with Crippen LogP contribution < -0.4 is 16.0 Å². The summed E-state index contributed by atoms with van der Waals surface area (Å²) in [5.74, 6) is 0.869. The van der Waals surface area contributed by atoms with E-state index >= 15 is 0 Å². The summed E-state index contributed by atoms with van der Waals surface area (Å²) in [6.07, 6.45) is 8.30. The van der Waals surface area contributed by atoms with Crippen LogP contribution in [-0.4, -0.2) is 56.2 Å². The highest BCUT2D eigenvalue weighted by molar-refractivity contribution is 5.93. The number of amides is 1. The van der Waals surface area contributed by atoms with Crippen molar-refractivity contribution in [3.8, 4) is 0 Å². The average molecular weight is 399 g/mol. The normalized spacial score (nSPS) is 25.4. The monoisotopic (exact) mass is 398 g/mol. The fourth-order valence-electron chi connectivity index (χ4n) is 4.74. The number of anilines is 2. The van der Waals surface area contributed by atoms with Crippen LogP contribution in [0.5, 0.6) is 0 Å². The van der Waals surface area contributed by atoms with E-state index in [0.29, 0.717) is 12.6 Å². The standard InChI is InChI=1S/C23H34N4O2/c24-20-2-1-3-22(16-20)27-13-11-26(12-14-27)10-8-18-4-6-21(7-5-18)25-23(28)19-9-15-29-17-19/h1-3,16-18,21H,4-15,24H2,(H,25,28). The third-order valence-electron chi connectivity index (χ3n) is 6.65. The van der Waals surface area contributed by atoms with Gasteiger partial charge in [-0.3, -0.25) is 9.69 Å². The number of nitrogens with zero attached hydrogens (tertiary/aromatic N) is 2. The number of hydrogen-bond donors (Lipinski definition) is 2. The molecule has 3 aliphatic rings. The van der Waals surface area contributed by atoms with Gasteiger partial charge < -0.3 is 20.7 Å². The Kier molecular flexibility index (Phi) is 6.60. The zero-order valence-electron chi connectivity index (χ0n) is 17.3. The maximum Gasteiger partial charge on any atom is 0.250 e. The molecule has 0 aromatic heterocycles. The highest BCUT2D eigenvalue weighted by atomic mass is 16.5. The Morgan fingerprint density at radius 1 is 1.14 bits per heavy atom. The molecule has 6 heteroatoms. The van der Waals surface area contributed by atoms with Crippen molar-refractivity contribution in [3.05, 3.63) is 36.1 Å². The lowest BCUT2D eigenvalue weighted by Crippen LogP contribution is -2.47. The van der Waals surface area contributed by atoms with Crippen molar-refractivity contribution in [1.82, 2.24) is 10.2 Å². The molecule has 3 N–H and O–H groups in total. The van der Waals surface area contributed by atoms with Gasteiger partial charge in [0.15, 0.2) is 0 Å². The van der Waals surface area contributed by atoms with Gasteiger partial charge in [0.05, 0.1) is 18.4 Å². The second-order valence-electron chi connectivity index (χ2n) is 8.67. The van der Waals surface area contributed by atoms with Gasteiger partial charge in [0.25, 0.3) is 5.91 Å². The predicted octanol–water partition coefficient (Wildman–Crippen LogP) is 2.76. The Morgan fingerprint density at radius 2 is 1.93 bits per heavy atom. The first kappa shape index (κ1) is 20.1. The van der Waals surface area contributed by atoms with Crippen molar-refractivity contribution in [1.29, 1.82) is 0 Å². The third kappa shape index (κ3) is 5.44. The molecular formula is C23H34N4O2. The summed E-state index contributed by atoms with van der Waals surface area (Å²) in [4.78, 5) is 17.2. The van der Waals surface area contributed by atoms with Crippen molar-refractivity contribution in [2.75, 3.05) is 50.0 Å². The molecule has 1 amide bonds. The quantitative estimate of drug-likeness (QED) is 0.721. The van der Waals surface area contributed by atoms with Crippen LogP contribution in [0.25, 0.3) is 0 Å². The molecule has 0 atom stereocenters. The molecule has 2 aliphatic heterocycles. The maximum atomic E-state index is 12.2. The van der Waals surface area contributed by atoms with Crippen molar-refractivity contribution in [3.63, 3.8) is 0 Å². The van der Waals surface area contributed by atoms with Crippen LogP contribution >= 0.6 is 0 Å². The van der Waals surface area contributed by atoms with E-state index in [-0.39, 0.29) is 5.91 Å². The van der Waals surface area contributed by atoms with Gasteiger partial charge in [0.1, 0.15) is 0 Å². The summed E-state index contributed by atoms with van der Waals surface area (Å²) in [5.41, 5.74) is 8.80. The molecule has 4 rings (SSSR count). The molecule has 0 bridgehead atoms. The van der Waals surface area contributed by atoms with Crippen molar-refractivity contribution in [2.45, 2.75) is 44.6 Å². The number of carbonyl (C=O) groups is 1. The molecule has 0 unspecified atom stereocenters. The highest BCUT2D eigenvalue weighted by Gasteiger charge is 2.25. The summed E-state index contributed by atoms with van der Waals surface area (Å²) in [5, 5.41) is 3.20. The lowest BCUT2D eigenvalue weighted by molar-refractivity contribution is -0.118. The van der Waals surface area contributed by atoms with Gasteiger partial charge in [-0.05, 0) is 62.8 Å². The smallest absolute Gasteiger partial charge is 0.250 e. The minimum atomic E-state index is 0.0731. The molecule has 0 radical (unpaired) electrons. The molecule has 158 valence electrons. The number of nitrogens with one attached hydrogen (secondary N) is 1. The van der Waals surface area contributed by atoms with Gasteiger partial charge >= 0.3 is 0 Å². The topological polar surface area (TPSA) is 70.8 Å². The Morgan fingerprint density at radius 3 is 2.62 bits per heavy atom. The highest BCUT2D eigenvalue weighted by Crippen LogP contribution is 2.28. The van der Waals surface area contributed by atoms with E-state index in [1.807, 2.05) is 12.1 Å². The fourth-order valence-corrected chi connectivity index (χ4v) is 4.74. The second kappa shape index (κ2) is 9.53. The summed E-state index contributed by atoms with van der Waals surface area (Å²) >= 11 is 0. The minimum absolute atomic E-state index is 0.0731. The molecule has 2 fully saturated rings. The van der Waals surface area contributed by atoms with E-state index in [1.54, 1.807) is 6.26 Å². The zero-order valence-corrected chi connectivity index (χ0v) is 17.3. The Labute approximate surface area is 174 Å². The molecule has 2 heterocycles. The maximum absolute atomic E-state index is 12.2. The molecule has 1 aliphatic carbocycles. The van der Waals surface area contributed by atoms with Crippen LogP contribution in [0.2, 0.25) is 0 Å². The Balaban J connectivity index is 1.13. The molecule has 29 heavy (non-hydrogen) atoms. The van der Waals surface area contributed by atoms with Crippen molar-refractivity contribution < 1.29 is 9.53 Å². The lowest BCUT2D eigenvalue weighted by Gasteiger charge is -2.37. The number of carbonyl (C=O) groups excluding carboxylic acids is 1. The van der Waals surface area contributed by atoms with E-state index in [1.165, 1.54) is 31.5 Å². The average Bonchev–Trinajstić information content (AvgIpc) is 3.29. The molecule has 1 aromatic rings. The molecule has 0 spiro atoms. The van der Waals surface area contributed by atoms with E-state index in [0.717, 1.165) is 62.6 Å². The number of hydrogen-bond acceptors (Lipinski definition) is 5. The van der Waals surface area contributed by atoms with Gasteiger partial charge in [0.2, 0.25) is 0 Å². The Bertz CT molecular complexity index is 719. The molecule has 1 aromatic carbocycles. The number of benzene rings is 1. The van der Waals surface area contributed by atoms with E-state index in [4.69, 9.17) is 10.5 Å². The zero-order chi connectivity index (χ0) is 20.1. The Hall–Kier alpha value is -2.21. The van der Waals surface area contributed by atoms with Gasteiger partial charge in [-0.25, -0.2) is 0 Å². The fraction of sp³-hybridized carbons (Fsp3) is 0.609. The lowest BCUT2D eigenvalue weighted by atomic mass is 9.84. The first-order chi connectivity index (χ1) is 14.2. The number of ether oxygens (including phenoxy) is 1. The van der Waals surface area contributed by atoms with Crippen LogP contribution in [0.15, 0.2) is 36.1 Å². The van der Waals surface area contributed by atoms with Crippen molar-refractivity contribution >= 4 is 17.3 Å². The first-order valence-corrected chi connectivity index (χ1v) is 11.1. The number of nitrogen functional groups attached to an aromatic ring is 1. The van der Waals surface area contributed by atoms with E-state index in [9.17, 15) is 4.79 Å². The summed E-state index contributed by atoms with van der Waals surface area (Å²) in [6, 6.07) is 8.54. The van der Waals surface area contributed by atoms with Gasteiger partial charge in [0, 0.05) is 50.0 Å². The van der Waals surface area contributed by atoms with Gasteiger partial charge in [-0.15, -0.1) is 0 Å². The van der Waals surface area contributed by atoms with E-state index in [2.05, 4.69) is 27.2 Å². The molecule has 1 saturated heterocycles. The third-order valence-corrected chi connectivity index (χ3v) is 6.65. The largest absolute Gasteiger partial charge is 0.500 e. The predicted molar refractivity (Wildman–Crippen MR) is 117 cm³/mol. The molecular weight excluding hydrogens is 364 g/mol. The van der Waals surface area contributed by atoms with Gasteiger partial charge in [-0.1, -0.05) is 6.07 Å². The second-order valence-corrected chi connectivity index (χ2v) is 8.67. The number of piperazine rings is 1. The minimum Gasteiger partial charge on any atom is -0.500 e. The van der Waals surface area contributed by atoms with Crippen LogP contribution in [0.3, 0.4) is 0 Å². The number of nitrogens with two attached hydrogens (primary N) is 1. The summed E-state index contributed by atoms with van der Waals surface area (Å²) in [6.45, 7) is 6.22. The van der Waals surface area contributed by atoms with Gasteiger partial charge in [-0.2, -0.15) is 0 Å². The summed E-state index contributed by atoms with van der Waals surface area (Å²) < 4.78 is 5.17. The number of rotatable bonds is 6. The molecule has 6 nitrogen and oxygen atoms in total. The summed E-state index contributed by atoms with van der Waals surface area (Å²) in [7, 11) is 0. The van der Waals surface area contributed by atoms with Crippen LogP contribution in [0.4, 0.5) is 11.4 Å².